The number of nitro groups is 1. The van der Waals surface area contributed by atoms with Gasteiger partial charge in [0.25, 0.3) is 5.91 Å². The molecule has 1 aliphatic rings. The highest BCUT2D eigenvalue weighted by molar-refractivity contribution is 5.91. The summed E-state index contributed by atoms with van der Waals surface area (Å²) in [4.78, 5) is 34.7. The molecule has 1 N–H and O–H groups in total. The summed E-state index contributed by atoms with van der Waals surface area (Å²) >= 11 is 0. The number of carbonyl (C=O) groups is 1. The van der Waals surface area contributed by atoms with Crippen molar-refractivity contribution in [1.82, 2.24) is 14.9 Å². The highest BCUT2D eigenvalue weighted by Crippen LogP contribution is 2.32. The molecule has 3 heterocycles. The fourth-order valence-electron chi connectivity index (χ4n) is 2.81. The minimum atomic E-state index is -0.537. The van der Waals surface area contributed by atoms with Crippen LogP contribution in [0.3, 0.4) is 0 Å². The van der Waals surface area contributed by atoms with Crippen LogP contribution >= 0.6 is 0 Å². The summed E-state index contributed by atoms with van der Waals surface area (Å²) in [5, 5.41) is 23.0. The summed E-state index contributed by atoms with van der Waals surface area (Å²) in [5.41, 5.74) is -0.235. The van der Waals surface area contributed by atoms with Gasteiger partial charge >= 0.3 is 5.69 Å². The van der Waals surface area contributed by atoms with Gasteiger partial charge in [-0.15, -0.1) is 0 Å². The summed E-state index contributed by atoms with van der Waals surface area (Å²) in [5.74, 6) is 0.324. The third kappa shape index (κ3) is 3.95. The van der Waals surface area contributed by atoms with Gasteiger partial charge in [0.2, 0.25) is 11.6 Å². The lowest BCUT2D eigenvalue weighted by molar-refractivity contribution is -0.383. The molecule has 27 heavy (non-hydrogen) atoms. The Hall–Kier alpha value is -3.68. The molecule has 0 aromatic carbocycles. The third-order valence-corrected chi connectivity index (χ3v) is 4.11. The first-order valence-corrected chi connectivity index (χ1v) is 8.29. The fourth-order valence-corrected chi connectivity index (χ4v) is 2.81. The Balaban J connectivity index is 1.73. The van der Waals surface area contributed by atoms with Gasteiger partial charge in [-0.1, -0.05) is 0 Å². The maximum absolute atomic E-state index is 12.3. The summed E-state index contributed by atoms with van der Waals surface area (Å²) in [6.07, 6.45) is 2.88. The largest absolute Gasteiger partial charge is 0.459 e. The van der Waals surface area contributed by atoms with Crippen LogP contribution in [-0.2, 0) is 0 Å². The second-order valence-electron chi connectivity index (χ2n) is 5.74. The van der Waals surface area contributed by atoms with E-state index < -0.39 is 4.92 Å². The number of hydrogen-bond donors (Lipinski definition) is 1. The molecule has 0 unspecified atom stereocenters. The number of rotatable bonds is 6. The van der Waals surface area contributed by atoms with E-state index in [1.54, 1.807) is 21.9 Å². The van der Waals surface area contributed by atoms with E-state index in [0.717, 1.165) is 0 Å². The van der Waals surface area contributed by atoms with Gasteiger partial charge in [-0.25, -0.2) is 9.97 Å². The smallest absolute Gasteiger partial charge is 0.353 e. The predicted octanol–water partition coefficient (Wildman–Crippen LogP) is 1.27. The average molecular weight is 371 g/mol. The molecule has 1 amide bonds. The lowest BCUT2D eigenvalue weighted by atomic mass is 10.2. The molecule has 0 spiro atoms. The van der Waals surface area contributed by atoms with Crippen LogP contribution in [0.5, 0.6) is 0 Å². The van der Waals surface area contributed by atoms with E-state index in [0.29, 0.717) is 26.2 Å². The number of anilines is 2. The number of nitriles is 1. The first-order chi connectivity index (χ1) is 13.1. The van der Waals surface area contributed by atoms with E-state index in [1.165, 1.54) is 12.6 Å². The molecular weight excluding hydrogens is 354 g/mol. The number of amides is 1. The summed E-state index contributed by atoms with van der Waals surface area (Å²) < 4.78 is 5.13. The zero-order chi connectivity index (χ0) is 19.2. The number of nitrogens with zero attached hydrogens (tertiary/aromatic N) is 6. The van der Waals surface area contributed by atoms with Crippen LogP contribution in [0.4, 0.5) is 17.3 Å². The van der Waals surface area contributed by atoms with E-state index in [-0.39, 0.29) is 42.0 Å². The van der Waals surface area contributed by atoms with Gasteiger partial charge < -0.3 is 19.5 Å². The zero-order valence-corrected chi connectivity index (χ0v) is 14.4. The van der Waals surface area contributed by atoms with Crippen LogP contribution in [-0.4, -0.2) is 58.4 Å². The third-order valence-electron chi connectivity index (χ3n) is 4.11. The molecule has 140 valence electrons. The molecule has 11 heteroatoms. The highest BCUT2D eigenvalue weighted by atomic mass is 16.6. The number of aromatic nitrogens is 2. The maximum Gasteiger partial charge on any atom is 0.353 e. The molecule has 11 nitrogen and oxygen atoms in total. The highest BCUT2D eigenvalue weighted by Gasteiger charge is 2.30. The van der Waals surface area contributed by atoms with Crippen molar-refractivity contribution < 1.29 is 14.1 Å². The van der Waals surface area contributed by atoms with Crippen LogP contribution in [0.2, 0.25) is 0 Å². The van der Waals surface area contributed by atoms with E-state index >= 15 is 0 Å². The number of furan rings is 1. The molecule has 0 radical (unpaired) electrons. The van der Waals surface area contributed by atoms with Crippen molar-refractivity contribution in [2.75, 3.05) is 42.9 Å². The van der Waals surface area contributed by atoms with Gasteiger partial charge in [-0.2, -0.15) is 5.26 Å². The van der Waals surface area contributed by atoms with Crippen molar-refractivity contribution in [3.8, 4) is 6.07 Å². The number of carbonyl (C=O) groups excluding carboxylic acids is 1. The van der Waals surface area contributed by atoms with E-state index in [4.69, 9.17) is 9.68 Å². The van der Waals surface area contributed by atoms with E-state index in [9.17, 15) is 14.9 Å². The van der Waals surface area contributed by atoms with E-state index in [2.05, 4.69) is 15.3 Å². The van der Waals surface area contributed by atoms with Crippen molar-refractivity contribution in [2.24, 2.45) is 0 Å². The van der Waals surface area contributed by atoms with Crippen LogP contribution in [0.15, 0.2) is 29.1 Å². The van der Waals surface area contributed by atoms with Gasteiger partial charge in [0.15, 0.2) is 5.76 Å². The second-order valence-corrected chi connectivity index (χ2v) is 5.74. The average Bonchev–Trinajstić information content (AvgIpc) is 3.22. The molecule has 1 fully saturated rings. The van der Waals surface area contributed by atoms with Crippen LogP contribution in [0, 0.1) is 21.4 Å². The van der Waals surface area contributed by atoms with Crippen molar-refractivity contribution in [2.45, 2.75) is 6.42 Å². The Labute approximate surface area is 154 Å². The monoisotopic (exact) mass is 371 g/mol. The quantitative estimate of drug-likeness (QED) is 0.451. The normalized spacial score (nSPS) is 13.9. The second kappa shape index (κ2) is 8.13. The number of nitrogens with one attached hydrogen (secondary N) is 1. The van der Waals surface area contributed by atoms with E-state index in [1.807, 2.05) is 6.07 Å². The Morgan fingerprint density at radius 1 is 1.37 bits per heavy atom. The Bertz CT molecular complexity index is 854. The standard InChI is InChI=1S/C16H17N7O4/c17-4-2-5-18-14-13(23(25)26)15(20-11-19-14)21-6-8-22(9-7-21)16(24)12-3-1-10-27-12/h1,3,10-11H,2,5-9H2,(H,18,19,20). The summed E-state index contributed by atoms with van der Waals surface area (Å²) in [6.45, 7) is 1.80. The fraction of sp³-hybridized carbons (Fsp3) is 0.375. The van der Waals surface area contributed by atoms with Crippen molar-refractivity contribution in [3.05, 3.63) is 40.6 Å². The molecule has 3 rings (SSSR count). The lowest BCUT2D eigenvalue weighted by Gasteiger charge is -2.34. The van der Waals surface area contributed by atoms with Gasteiger partial charge in [-0.05, 0) is 12.1 Å². The summed E-state index contributed by atoms with van der Waals surface area (Å²) in [7, 11) is 0. The molecule has 2 aromatic rings. The molecule has 0 saturated carbocycles. The minimum absolute atomic E-state index is 0.0781. The molecule has 1 aliphatic heterocycles. The number of hydrogen-bond acceptors (Lipinski definition) is 9. The van der Waals surface area contributed by atoms with Crippen LogP contribution in [0.1, 0.15) is 17.0 Å². The molecule has 0 atom stereocenters. The Morgan fingerprint density at radius 3 is 2.78 bits per heavy atom. The van der Waals surface area contributed by atoms with Gasteiger partial charge in [0.05, 0.1) is 23.7 Å². The number of piperazine rings is 1. The van der Waals surface area contributed by atoms with Crippen molar-refractivity contribution in [3.63, 3.8) is 0 Å². The van der Waals surface area contributed by atoms with Gasteiger partial charge in [0, 0.05) is 32.7 Å². The van der Waals surface area contributed by atoms with Crippen molar-refractivity contribution in [1.29, 1.82) is 5.26 Å². The first kappa shape index (κ1) is 18.1. The lowest BCUT2D eigenvalue weighted by Crippen LogP contribution is -2.49. The molecule has 0 aliphatic carbocycles. The first-order valence-electron chi connectivity index (χ1n) is 8.29. The topological polar surface area (TPSA) is 141 Å². The Morgan fingerprint density at radius 2 is 2.15 bits per heavy atom. The molecule has 0 bridgehead atoms. The molecule has 1 saturated heterocycles. The minimum Gasteiger partial charge on any atom is -0.459 e. The predicted molar refractivity (Wildman–Crippen MR) is 94.2 cm³/mol. The maximum atomic E-state index is 12.3. The molecule has 2 aromatic heterocycles. The van der Waals surface area contributed by atoms with Crippen LogP contribution < -0.4 is 10.2 Å². The van der Waals surface area contributed by atoms with Crippen LogP contribution in [0.25, 0.3) is 0 Å². The van der Waals surface area contributed by atoms with Crippen molar-refractivity contribution >= 4 is 23.2 Å². The Kier molecular flexibility index (Phi) is 5.46. The summed E-state index contributed by atoms with van der Waals surface area (Å²) in [6, 6.07) is 5.21. The zero-order valence-electron chi connectivity index (χ0n) is 14.4. The van der Waals surface area contributed by atoms with Gasteiger partial charge in [0.1, 0.15) is 6.33 Å². The molecular formula is C16H17N7O4. The SMILES string of the molecule is N#CCCNc1ncnc(N2CCN(C(=O)c3ccco3)CC2)c1[N+](=O)[O-]. The van der Waals surface area contributed by atoms with Gasteiger partial charge in [-0.3, -0.25) is 14.9 Å².